The van der Waals surface area contributed by atoms with Gasteiger partial charge in [0.15, 0.2) is 0 Å². The Bertz CT molecular complexity index is 832. The molecular weight excluding hydrogens is 318 g/mol. The van der Waals surface area contributed by atoms with E-state index in [-0.39, 0.29) is 22.8 Å². The Hall–Kier alpha value is -2.32. The van der Waals surface area contributed by atoms with Crippen molar-refractivity contribution in [2.45, 2.75) is 25.3 Å². The smallest absolute Gasteiger partial charge is 0.339 e. The van der Waals surface area contributed by atoms with Gasteiger partial charge in [0.25, 0.3) is 0 Å². The van der Waals surface area contributed by atoms with E-state index in [0.29, 0.717) is 5.69 Å². The zero-order valence-corrected chi connectivity index (χ0v) is 13.8. The van der Waals surface area contributed by atoms with Crippen LogP contribution in [-0.4, -0.2) is 40.8 Å². The van der Waals surface area contributed by atoms with E-state index < -0.39 is 16.0 Å². The fraction of sp³-hybridized carbons (Fsp3) is 0.267. The van der Waals surface area contributed by atoms with Gasteiger partial charge in [-0.15, -0.1) is 0 Å². The Morgan fingerprint density at radius 3 is 2.35 bits per heavy atom. The summed E-state index contributed by atoms with van der Waals surface area (Å²) < 4.78 is 26.1. The van der Waals surface area contributed by atoms with Crippen LogP contribution in [0.1, 0.15) is 27.4 Å². The molecule has 1 heterocycles. The second-order valence-electron chi connectivity index (χ2n) is 5.16. The molecule has 0 radical (unpaired) electrons. The van der Waals surface area contributed by atoms with Crippen LogP contribution in [0.3, 0.4) is 0 Å². The molecule has 1 aromatic heterocycles. The number of hydrogen-bond donors (Lipinski definition) is 1. The maximum absolute atomic E-state index is 12.5. The number of carbonyl (C=O) groups is 1. The summed E-state index contributed by atoms with van der Waals surface area (Å²) >= 11 is 0. The first-order valence-electron chi connectivity index (χ1n) is 6.80. The standard InChI is InChI=1S/C15H17N3O4S/c1-10-4-6-12(7-5-10)23(21,22)18(3)9-14-16-8-13(15(19)20)11(2)17-14/h4-8H,9H2,1-3H3,(H,19,20). The highest BCUT2D eigenvalue weighted by molar-refractivity contribution is 7.89. The number of aryl methyl sites for hydroxylation is 2. The molecule has 0 aliphatic heterocycles. The van der Waals surface area contributed by atoms with Gasteiger partial charge in [-0.1, -0.05) is 17.7 Å². The minimum atomic E-state index is -3.66. The van der Waals surface area contributed by atoms with Gasteiger partial charge in [0, 0.05) is 13.2 Å². The van der Waals surface area contributed by atoms with E-state index >= 15 is 0 Å². The molecule has 122 valence electrons. The van der Waals surface area contributed by atoms with E-state index in [4.69, 9.17) is 5.11 Å². The third kappa shape index (κ3) is 3.72. The normalized spacial score (nSPS) is 11.7. The number of sulfonamides is 1. The number of nitrogens with zero attached hydrogens (tertiary/aromatic N) is 3. The number of rotatable bonds is 5. The Kier molecular flexibility index (Phi) is 4.76. The van der Waals surface area contributed by atoms with Crippen molar-refractivity contribution in [3.8, 4) is 0 Å². The van der Waals surface area contributed by atoms with Gasteiger partial charge < -0.3 is 5.11 Å². The summed E-state index contributed by atoms with van der Waals surface area (Å²) in [5.74, 6) is -0.875. The molecule has 0 aliphatic rings. The van der Waals surface area contributed by atoms with E-state index in [9.17, 15) is 13.2 Å². The maximum atomic E-state index is 12.5. The Morgan fingerprint density at radius 1 is 1.22 bits per heavy atom. The number of aromatic carboxylic acids is 1. The van der Waals surface area contributed by atoms with Gasteiger partial charge in [0.2, 0.25) is 10.0 Å². The number of carboxylic acid groups (broad SMARTS) is 1. The lowest BCUT2D eigenvalue weighted by Gasteiger charge is -2.16. The molecule has 0 atom stereocenters. The minimum absolute atomic E-state index is 0.00204. The van der Waals surface area contributed by atoms with Crippen LogP contribution in [0, 0.1) is 13.8 Å². The highest BCUT2D eigenvalue weighted by atomic mass is 32.2. The molecule has 8 heteroatoms. The van der Waals surface area contributed by atoms with Crippen LogP contribution < -0.4 is 0 Å². The van der Waals surface area contributed by atoms with Gasteiger partial charge >= 0.3 is 5.97 Å². The van der Waals surface area contributed by atoms with Crippen molar-refractivity contribution < 1.29 is 18.3 Å². The molecule has 7 nitrogen and oxygen atoms in total. The largest absolute Gasteiger partial charge is 0.478 e. The van der Waals surface area contributed by atoms with Crippen molar-refractivity contribution in [2.75, 3.05) is 7.05 Å². The number of benzene rings is 1. The quantitative estimate of drug-likeness (QED) is 0.891. The van der Waals surface area contributed by atoms with Crippen molar-refractivity contribution in [3.05, 3.63) is 53.1 Å². The van der Waals surface area contributed by atoms with Crippen molar-refractivity contribution in [2.24, 2.45) is 0 Å². The second-order valence-corrected chi connectivity index (χ2v) is 7.21. The van der Waals surface area contributed by atoms with Crippen LogP contribution in [0.2, 0.25) is 0 Å². The van der Waals surface area contributed by atoms with Crippen molar-refractivity contribution >= 4 is 16.0 Å². The van der Waals surface area contributed by atoms with Gasteiger partial charge in [-0.25, -0.2) is 23.2 Å². The van der Waals surface area contributed by atoms with Crippen molar-refractivity contribution in [3.63, 3.8) is 0 Å². The SMILES string of the molecule is Cc1ccc(S(=O)(=O)N(C)Cc2ncc(C(=O)O)c(C)n2)cc1. The molecule has 2 aromatic rings. The minimum Gasteiger partial charge on any atom is -0.478 e. The summed E-state index contributed by atoms with van der Waals surface area (Å²) in [4.78, 5) is 19.1. The van der Waals surface area contributed by atoms with Gasteiger partial charge in [0.1, 0.15) is 5.82 Å². The maximum Gasteiger partial charge on any atom is 0.339 e. The van der Waals surface area contributed by atoms with E-state index in [0.717, 1.165) is 9.87 Å². The predicted octanol–water partition coefficient (Wildman–Crippen LogP) is 1.61. The van der Waals surface area contributed by atoms with Gasteiger partial charge in [-0.3, -0.25) is 0 Å². The highest BCUT2D eigenvalue weighted by Crippen LogP contribution is 2.16. The molecule has 2 rings (SSSR count). The molecule has 1 N–H and O–H groups in total. The van der Waals surface area contributed by atoms with Crippen LogP contribution in [-0.2, 0) is 16.6 Å². The molecule has 0 aliphatic carbocycles. The Balaban J connectivity index is 2.24. The number of aromatic nitrogens is 2. The van der Waals surface area contributed by atoms with Crippen LogP contribution in [0.4, 0.5) is 0 Å². The molecular formula is C15H17N3O4S. The fourth-order valence-corrected chi connectivity index (χ4v) is 3.10. The van der Waals surface area contributed by atoms with Crippen LogP contribution in [0.25, 0.3) is 0 Å². The summed E-state index contributed by atoms with van der Waals surface area (Å²) in [7, 11) is -2.23. The molecule has 0 amide bonds. The van der Waals surface area contributed by atoms with E-state index in [1.807, 2.05) is 6.92 Å². The van der Waals surface area contributed by atoms with Crippen LogP contribution in [0.5, 0.6) is 0 Å². The average Bonchev–Trinajstić information content (AvgIpc) is 2.47. The van der Waals surface area contributed by atoms with Gasteiger partial charge in [-0.05, 0) is 26.0 Å². The fourth-order valence-electron chi connectivity index (χ4n) is 1.98. The molecule has 0 fully saturated rings. The van der Waals surface area contributed by atoms with Crippen LogP contribution >= 0.6 is 0 Å². The lowest BCUT2D eigenvalue weighted by atomic mass is 10.2. The van der Waals surface area contributed by atoms with Crippen molar-refractivity contribution in [1.82, 2.24) is 14.3 Å². The second kappa shape index (κ2) is 6.43. The van der Waals surface area contributed by atoms with E-state index in [2.05, 4.69) is 9.97 Å². The van der Waals surface area contributed by atoms with Gasteiger partial charge in [-0.2, -0.15) is 4.31 Å². The molecule has 0 spiro atoms. The summed E-state index contributed by atoms with van der Waals surface area (Å²) in [6, 6.07) is 6.54. The monoisotopic (exact) mass is 335 g/mol. The first-order valence-corrected chi connectivity index (χ1v) is 8.24. The zero-order chi connectivity index (χ0) is 17.2. The molecule has 0 bridgehead atoms. The topological polar surface area (TPSA) is 100 Å². The van der Waals surface area contributed by atoms with Crippen LogP contribution in [0.15, 0.2) is 35.4 Å². The van der Waals surface area contributed by atoms with E-state index in [1.54, 1.807) is 31.2 Å². The number of carboxylic acids is 1. The molecule has 1 aromatic carbocycles. The summed E-state index contributed by atoms with van der Waals surface area (Å²) in [6.07, 6.45) is 1.19. The highest BCUT2D eigenvalue weighted by Gasteiger charge is 2.22. The predicted molar refractivity (Wildman–Crippen MR) is 83.6 cm³/mol. The third-order valence-corrected chi connectivity index (χ3v) is 5.17. The first-order chi connectivity index (χ1) is 10.7. The first kappa shape index (κ1) is 17.0. The number of hydrogen-bond acceptors (Lipinski definition) is 5. The summed E-state index contributed by atoms with van der Waals surface area (Å²) in [5, 5.41) is 8.95. The molecule has 0 saturated carbocycles. The molecule has 0 saturated heterocycles. The average molecular weight is 335 g/mol. The van der Waals surface area contributed by atoms with Gasteiger partial charge in [0.05, 0.1) is 22.7 Å². The molecule has 0 unspecified atom stereocenters. The van der Waals surface area contributed by atoms with Crippen molar-refractivity contribution in [1.29, 1.82) is 0 Å². The Labute approximate surface area is 134 Å². The Morgan fingerprint density at radius 2 is 1.83 bits per heavy atom. The lowest BCUT2D eigenvalue weighted by molar-refractivity contribution is 0.0695. The lowest BCUT2D eigenvalue weighted by Crippen LogP contribution is -2.27. The zero-order valence-electron chi connectivity index (χ0n) is 13.0. The summed E-state index contributed by atoms with van der Waals surface area (Å²) in [5.41, 5.74) is 1.26. The third-order valence-electron chi connectivity index (χ3n) is 3.35. The van der Waals surface area contributed by atoms with E-state index in [1.165, 1.54) is 13.2 Å². The summed E-state index contributed by atoms with van der Waals surface area (Å²) in [6.45, 7) is 3.38. The molecule has 23 heavy (non-hydrogen) atoms.